The summed E-state index contributed by atoms with van der Waals surface area (Å²) < 4.78 is 5.03. The summed E-state index contributed by atoms with van der Waals surface area (Å²) in [6, 6.07) is 0. The van der Waals surface area contributed by atoms with Gasteiger partial charge >= 0.3 is 5.97 Å². The first-order chi connectivity index (χ1) is 11.7. The predicted octanol–water partition coefficient (Wildman–Crippen LogP) is 4.33. The maximum Gasteiger partial charge on any atom is 0.312 e. The Labute approximate surface area is 146 Å². The van der Waals surface area contributed by atoms with Crippen molar-refractivity contribution in [2.24, 2.45) is 5.92 Å². The first-order valence-electron chi connectivity index (χ1n) is 8.96. The summed E-state index contributed by atoms with van der Waals surface area (Å²) in [5, 5.41) is 9.85. The molecule has 1 aliphatic rings. The molecule has 1 N–H and O–H groups in total. The number of carbonyl (C=O) groups excluding carboxylic acids is 1. The van der Waals surface area contributed by atoms with E-state index in [0.29, 0.717) is 0 Å². The Kier molecular flexibility index (Phi) is 10.6. The third kappa shape index (κ3) is 8.17. The monoisotopic (exact) mass is 330 g/mol. The molecular weight excluding hydrogens is 300 g/mol. The van der Waals surface area contributed by atoms with Gasteiger partial charge in [0.25, 0.3) is 0 Å². The molecule has 0 unspecified atom stereocenters. The predicted molar refractivity (Wildman–Crippen MR) is 98.2 cm³/mol. The zero-order valence-corrected chi connectivity index (χ0v) is 14.7. The Hall–Kier alpha value is -1.79. The van der Waals surface area contributed by atoms with Gasteiger partial charge in [0, 0.05) is 6.42 Å². The van der Waals surface area contributed by atoms with Crippen LogP contribution in [0.15, 0.2) is 37.0 Å². The maximum absolute atomic E-state index is 11.5. The minimum Gasteiger partial charge on any atom is -0.460 e. The lowest BCUT2D eigenvalue weighted by atomic mass is 9.95. The van der Waals surface area contributed by atoms with E-state index in [1.807, 2.05) is 24.3 Å². The number of esters is 1. The summed E-state index contributed by atoms with van der Waals surface area (Å²) in [6.45, 7) is 5.42. The van der Waals surface area contributed by atoms with Crippen LogP contribution >= 0.6 is 0 Å². The molecule has 0 aromatic carbocycles. The average Bonchev–Trinajstić information content (AvgIpc) is 2.81. The van der Waals surface area contributed by atoms with Gasteiger partial charge in [-0.25, -0.2) is 0 Å². The highest BCUT2D eigenvalue weighted by molar-refractivity contribution is 5.75. The summed E-state index contributed by atoms with van der Waals surface area (Å²) in [5.74, 6) is 5.60. The summed E-state index contributed by atoms with van der Waals surface area (Å²) in [5.41, 5.74) is 0. The molecule has 0 spiro atoms. The number of hydrogen-bond donors (Lipinski definition) is 1. The van der Waals surface area contributed by atoms with Crippen LogP contribution in [-0.2, 0) is 9.53 Å². The van der Waals surface area contributed by atoms with Crippen molar-refractivity contribution >= 4 is 5.97 Å². The third-order valence-electron chi connectivity index (χ3n) is 4.13. The van der Waals surface area contributed by atoms with E-state index in [9.17, 15) is 9.90 Å². The molecule has 1 saturated heterocycles. The van der Waals surface area contributed by atoms with E-state index in [4.69, 9.17) is 4.74 Å². The number of aliphatic hydroxyl groups excluding tert-OH is 1. The lowest BCUT2D eigenvalue weighted by Gasteiger charge is -2.11. The zero-order valence-electron chi connectivity index (χ0n) is 14.7. The highest BCUT2D eigenvalue weighted by Crippen LogP contribution is 2.26. The number of allylic oxidation sites excluding steroid dienone is 5. The molecule has 24 heavy (non-hydrogen) atoms. The van der Waals surface area contributed by atoms with Crippen LogP contribution in [0.4, 0.5) is 0 Å². The molecule has 0 saturated carbocycles. The number of aliphatic hydroxyl groups is 1. The number of hydrogen-bond acceptors (Lipinski definition) is 3. The maximum atomic E-state index is 11.5. The molecule has 3 nitrogen and oxygen atoms in total. The Bertz CT molecular complexity index is 493. The molecule has 1 aliphatic heterocycles. The Morgan fingerprint density at radius 1 is 1.21 bits per heavy atom. The van der Waals surface area contributed by atoms with E-state index in [0.717, 1.165) is 51.4 Å². The van der Waals surface area contributed by atoms with Crippen molar-refractivity contribution in [2.75, 3.05) is 0 Å². The van der Waals surface area contributed by atoms with E-state index >= 15 is 0 Å². The fourth-order valence-electron chi connectivity index (χ4n) is 2.65. The van der Waals surface area contributed by atoms with Crippen molar-refractivity contribution in [3.05, 3.63) is 37.0 Å². The van der Waals surface area contributed by atoms with Crippen LogP contribution in [0, 0.1) is 17.8 Å². The molecule has 0 aromatic rings. The van der Waals surface area contributed by atoms with Crippen molar-refractivity contribution < 1.29 is 14.6 Å². The largest absolute Gasteiger partial charge is 0.460 e. The van der Waals surface area contributed by atoms with Gasteiger partial charge in [-0.3, -0.25) is 4.79 Å². The first-order valence-corrected chi connectivity index (χ1v) is 8.96. The van der Waals surface area contributed by atoms with E-state index in [-0.39, 0.29) is 18.0 Å². The molecule has 0 radical (unpaired) electrons. The van der Waals surface area contributed by atoms with E-state index < -0.39 is 6.10 Å². The number of carbonyl (C=O) groups is 1. The van der Waals surface area contributed by atoms with Crippen LogP contribution in [0.1, 0.15) is 58.3 Å². The Morgan fingerprint density at radius 3 is 2.71 bits per heavy atom. The van der Waals surface area contributed by atoms with Crippen LogP contribution < -0.4 is 0 Å². The molecule has 3 heteroatoms. The smallest absolute Gasteiger partial charge is 0.312 e. The fraction of sp³-hybridized carbons (Fsp3) is 0.571. The number of unbranched alkanes of at least 4 members (excludes halogenated alkanes) is 5. The van der Waals surface area contributed by atoms with Crippen molar-refractivity contribution in [2.45, 2.75) is 70.5 Å². The van der Waals surface area contributed by atoms with Crippen LogP contribution in [-0.4, -0.2) is 23.3 Å². The summed E-state index contributed by atoms with van der Waals surface area (Å²) >= 11 is 0. The molecule has 132 valence electrons. The molecule has 0 aromatic heterocycles. The SMILES string of the molecule is C=CCC/C=C/C=C/C#CCCCCCC[C@@H]1C(=O)O[C@H](C)[C@@H]1O. The van der Waals surface area contributed by atoms with Gasteiger partial charge in [0.05, 0.1) is 5.92 Å². The standard InChI is InChI=1S/C21H30O3/c1-3-4-5-6-7-8-9-10-11-12-13-14-15-16-17-19-20(22)18(2)24-21(19)23/h3,6-9,18-20,22H,1,4-5,12-17H2,2H3/b7-6+,9-8+/t18-,19+,20+/m1/s1. The van der Waals surface area contributed by atoms with Gasteiger partial charge in [0.15, 0.2) is 0 Å². The van der Waals surface area contributed by atoms with Gasteiger partial charge in [-0.1, -0.05) is 55.4 Å². The van der Waals surface area contributed by atoms with Gasteiger partial charge in [-0.15, -0.1) is 6.58 Å². The molecular formula is C21H30O3. The minimum absolute atomic E-state index is 0.244. The van der Waals surface area contributed by atoms with Crippen LogP contribution in [0.25, 0.3) is 0 Å². The van der Waals surface area contributed by atoms with Crippen molar-refractivity contribution in [1.82, 2.24) is 0 Å². The molecule has 3 atom stereocenters. The zero-order chi connectivity index (χ0) is 17.6. The van der Waals surface area contributed by atoms with Crippen molar-refractivity contribution in [3.8, 4) is 11.8 Å². The van der Waals surface area contributed by atoms with Gasteiger partial charge in [-0.05, 0) is 38.7 Å². The minimum atomic E-state index is -0.638. The van der Waals surface area contributed by atoms with Crippen LogP contribution in [0.2, 0.25) is 0 Å². The van der Waals surface area contributed by atoms with Gasteiger partial charge in [0.1, 0.15) is 12.2 Å². The Balaban J connectivity index is 2.00. The summed E-state index contributed by atoms with van der Waals surface area (Å²) in [7, 11) is 0. The van der Waals surface area contributed by atoms with E-state index in [2.05, 4.69) is 24.5 Å². The van der Waals surface area contributed by atoms with Crippen LogP contribution in [0.3, 0.4) is 0 Å². The molecule has 1 heterocycles. The summed E-state index contributed by atoms with van der Waals surface area (Å²) in [4.78, 5) is 11.5. The second-order valence-electron chi connectivity index (χ2n) is 6.17. The highest BCUT2D eigenvalue weighted by Gasteiger charge is 2.40. The number of cyclic esters (lactones) is 1. The lowest BCUT2D eigenvalue weighted by molar-refractivity contribution is -0.143. The third-order valence-corrected chi connectivity index (χ3v) is 4.13. The molecule has 0 amide bonds. The number of rotatable bonds is 10. The second kappa shape index (κ2) is 12.6. The normalized spacial score (nSPS) is 23.4. The van der Waals surface area contributed by atoms with Crippen molar-refractivity contribution in [1.29, 1.82) is 0 Å². The molecule has 1 rings (SSSR count). The molecule has 1 fully saturated rings. The van der Waals surface area contributed by atoms with E-state index in [1.165, 1.54) is 0 Å². The van der Waals surface area contributed by atoms with Gasteiger partial charge in [-0.2, -0.15) is 0 Å². The Morgan fingerprint density at radius 2 is 2.00 bits per heavy atom. The fourth-order valence-corrected chi connectivity index (χ4v) is 2.65. The van der Waals surface area contributed by atoms with Gasteiger partial charge in [0.2, 0.25) is 0 Å². The highest BCUT2D eigenvalue weighted by atomic mass is 16.6. The molecule has 0 aliphatic carbocycles. The van der Waals surface area contributed by atoms with Crippen molar-refractivity contribution in [3.63, 3.8) is 0 Å². The van der Waals surface area contributed by atoms with Crippen LogP contribution in [0.5, 0.6) is 0 Å². The van der Waals surface area contributed by atoms with Gasteiger partial charge < -0.3 is 9.84 Å². The first kappa shape index (κ1) is 20.3. The molecule has 0 bridgehead atoms. The lowest BCUT2D eigenvalue weighted by Crippen LogP contribution is -2.24. The van der Waals surface area contributed by atoms with E-state index in [1.54, 1.807) is 6.92 Å². The topological polar surface area (TPSA) is 46.5 Å². The summed E-state index contributed by atoms with van der Waals surface area (Å²) in [6.07, 6.45) is 16.7. The second-order valence-corrected chi connectivity index (χ2v) is 6.17. The average molecular weight is 330 g/mol. The quantitative estimate of drug-likeness (QED) is 0.213. The number of ether oxygens (including phenoxy) is 1.